The molecule has 0 bridgehead atoms. The number of hydrogen-bond acceptors (Lipinski definition) is 4. The third kappa shape index (κ3) is 3.03. The highest BCUT2D eigenvalue weighted by atomic mass is 19.1. The SMILES string of the molecule is CCn1nnnc1CC(O)(c1ccc(F)cc1)c1ccc(F)cc1. The Morgan fingerprint density at radius 2 is 1.46 bits per heavy atom. The van der Waals surface area contributed by atoms with Gasteiger partial charge in [0, 0.05) is 13.0 Å². The Morgan fingerprint density at radius 3 is 1.92 bits per heavy atom. The van der Waals surface area contributed by atoms with E-state index in [4.69, 9.17) is 0 Å². The van der Waals surface area contributed by atoms with Crippen molar-refractivity contribution < 1.29 is 13.9 Å². The van der Waals surface area contributed by atoms with Gasteiger partial charge in [-0.15, -0.1) is 5.10 Å². The summed E-state index contributed by atoms with van der Waals surface area (Å²) in [7, 11) is 0. The number of rotatable bonds is 5. The normalized spacial score (nSPS) is 11.7. The van der Waals surface area contributed by atoms with Crippen molar-refractivity contribution in [1.82, 2.24) is 20.2 Å². The zero-order valence-electron chi connectivity index (χ0n) is 13.0. The first kappa shape index (κ1) is 16.2. The van der Waals surface area contributed by atoms with Crippen LogP contribution in [0.3, 0.4) is 0 Å². The van der Waals surface area contributed by atoms with Gasteiger partial charge in [0.05, 0.1) is 0 Å². The Balaban J connectivity index is 2.09. The molecule has 0 atom stereocenters. The van der Waals surface area contributed by atoms with Gasteiger partial charge in [-0.1, -0.05) is 24.3 Å². The van der Waals surface area contributed by atoms with Crippen molar-refractivity contribution in [2.45, 2.75) is 25.5 Å². The molecule has 1 aromatic heterocycles. The predicted molar refractivity (Wildman–Crippen MR) is 83.0 cm³/mol. The van der Waals surface area contributed by atoms with E-state index in [9.17, 15) is 13.9 Å². The van der Waals surface area contributed by atoms with E-state index in [1.54, 1.807) is 4.68 Å². The molecular weight excluding hydrogens is 314 g/mol. The van der Waals surface area contributed by atoms with Gasteiger partial charge < -0.3 is 5.11 Å². The highest BCUT2D eigenvalue weighted by molar-refractivity contribution is 5.37. The first-order valence-corrected chi connectivity index (χ1v) is 7.52. The van der Waals surface area contributed by atoms with Gasteiger partial charge in [-0.05, 0) is 52.7 Å². The molecule has 5 nitrogen and oxygen atoms in total. The van der Waals surface area contributed by atoms with Gasteiger partial charge in [-0.2, -0.15) is 0 Å². The maximum Gasteiger partial charge on any atom is 0.154 e. The molecule has 0 saturated heterocycles. The summed E-state index contributed by atoms with van der Waals surface area (Å²) in [6.07, 6.45) is 0.0745. The lowest BCUT2D eigenvalue weighted by molar-refractivity contribution is 0.0774. The number of nitrogens with zero attached hydrogens (tertiary/aromatic N) is 4. The first-order valence-electron chi connectivity index (χ1n) is 7.52. The van der Waals surface area contributed by atoms with Crippen LogP contribution in [0.5, 0.6) is 0 Å². The Hall–Kier alpha value is -2.67. The van der Waals surface area contributed by atoms with Gasteiger partial charge in [0.25, 0.3) is 0 Å². The smallest absolute Gasteiger partial charge is 0.154 e. The molecule has 3 aromatic rings. The second-order valence-corrected chi connectivity index (χ2v) is 5.46. The molecule has 1 N–H and O–H groups in total. The summed E-state index contributed by atoms with van der Waals surface area (Å²) in [5, 5.41) is 22.8. The summed E-state index contributed by atoms with van der Waals surface area (Å²) in [5.74, 6) is -0.328. The molecule has 0 aliphatic rings. The van der Waals surface area contributed by atoms with E-state index in [0.29, 0.717) is 23.5 Å². The Kier molecular flexibility index (Phi) is 4.35. The van der Waals surface area contributed by atoms with E-state index < -0.39 is 17.2 Å². The number of aryl methyl sites for hydroxylation is 1. The van der Waals surface area contributed by atoms with Crippen LogP contribution in [0.2, 0.25) is 0 Å². The summed E-state index contributed by atoms with van der Waals surface area (Å²) in [4.78, 5) is 0. The van der Waals surface area contributed by atoms with Crippen molar-refractivity contribution in [2.24, 2.45) is 0 Å². The standard InChI is InChI=1S/C17H16F2N4O/c1-2-23-16(20-21-22-23)11-17(24,12-3-7-14(18)8-4-12)13-5-9-15(19)10-6-13/h3-10,24H,2,11H2,1H3. The quantitative estimate of drug-likeness (QED) is 0.780. The van der Waals surface area contributed by atoms with Crippen LogP contribution in [0.25, 0.3) is 0 Å². The van der Waals surface area contributed by atoms with E-state index in [1.807, 2.05) is 6.92 Å². The summed E-state index contributed by atoms with van der Waals surface area (Å²) >= 11 is 0. The lowest BCUT2D eigenvalue weighted by Gasteiger charge is -2.29. The molecule has 0 fully saturated rings. The Labute approximate surface area is 137 Å². The van der Waals surface area contributed by atoms with Gasteiger partial charge in [-0.25, -0.2) is 13.5 Å². The molecule has 0 saturated carbocycles. The molecule has 0 amide bonds. The molecule has 7 heteroatoms. The third-order valence-electron chi connectivity index (χ3n) is 3.96. The summed E-state index contributed by atoms with van der Waals surface area (Å²) in [6.45, 7) is 2.43. The minimum absolute atomic E-state index is 0.0745. The van der Waals surface area contributed by atoms with Crippen molar-refractivity contribution in [3.8, 4) is 0 Å². The number of halogens is 2. The monoisotopic (exact) mass is 330 g/mol. The molecule has 124 valence electrons. The van der Waals surface area contributed by atoms with Gasteiger partial charge >= 0.3 is 0 Å². The zero-order chi connectivity index (χ0) is 17.2. The Bertz CT molecular complexity index is 770. The van der Waals surface area contributed by atoms with E-state index in [0.717, 1.165) is 0 Å². The lowest BCUT2D eigenvalue weighted by Crippen LogP contribution is -2.31. The topological polar surface area (TPSA) is 63.8 Å². The molecule has 1 heterocycles. The molecule has 0 radical (unpaired) electrons. The lowest BCUT2D eigenvalue weighted by atomic mass is 9.83. The molecule has 3 rings (SSSR count). The summed E-state index contributed by atoms with van der Waals surface area (Å²) < 4.78 is 28.1. The average Bonchev–Trinajstić information content (AvgIpc) is 3.02. The van der Waals surface area contributed by atoms with E-state index in [2.05, 4.69) is 15.5 Å². The summed E-state index contributed by atoms with van der Waals surface area (Å²) in [6, 6.07) is 11.1. The van der Waals surface area contributed by atoms with Crippen molar-refractivity contribution in [1.29, 1.82) is 0 Å². The van der Waals surface area contributed by atoms with Crippen LogP contribution in [-0.4, -0.2) is 25.3 Å². The minimum atomic E-state index is -1.51. The predicted octanol–water partition coefficient (Wildman–Crippen LogP) is 2.45. The van der Waals surface area contributed by atoms with Crippen LogP contribution < -0.4 is 0 Å². The first-order chi connectivity index (χ1) is 11.5. The third-order valence-corrected chi connectivity index (χ3v) is 3.96. The van der Waals surface area contributed by atoms with Gasteiger partial charge in [-0.3, -0.25) is 0 Å². The number of tetrazole rings is 1. The second-order valence-electron chi connectivity index (χ2n) is 5.46. The average molecular weight is 330 g/mol. The number of benzene rings is 2. The Morgan fingerprint density at radius 1 is 0.958 bits per heavy atom. The molecule has 0 unspecified atom stereocenters. The van der Waals surface area contributed by atoms with Gasteiger partial charge in [0.1, 0.15) is 17.2 Å². The van der Waals surface area contributed by atoms with Crippen LogP contribution in [0, 0.1) is 11.6 Å². The summed E-state index contributed by atoms with van der Waals surface area (Å²) in [5.41, 5.74) is -0.564. The zero-order valence-corrected chi connectivity index (χ0v) is 13.0. The fraction of sp³-hybridized carbons (Fsp3) is 0.235. The maximum absolute atomic E-state index is 13.3. The van der Waals surface area contributed by atoms with Crippen LogP contribution in [0.1, 0.15) is 23.9 Å². The van der Waals surface area contributed by atoms with E-state index >= 15 is 0 Å². The van der Waals surface area contributed by atoms with Crippen LogP contribution in [0.15, 0.2) is 48.5 Å². The van der Waals surface area contributed by atoms with E-state index in [-0.39, 0.29) is 6.42 Å². The molecule has 0 aliphatic heterocycles. The minimum Gasteiger partial charge on any atom is -0.380 e. The number of aliphatic hydroxyl groups is 1. The molecule has 0 aliphatic carbocycles. The number of aromatic nitrogens is 4. The highest BCUT2D eigenvalue weighted by Gasteiger charge is 2.34. The van der Waals surface area contributed by atoms with Crippen LogP contribution in [-0.2, 0) is 18.6 Å². The fourth-order valence-corrected chi connectivity index (χ4v) is 2.65. The largest absolute Gasteiger partial charge is 0.380 e. The van der Waals surface area contributed by atoms with Crippen LogP contribution >= 0.6 is 0 Å². The van der Waals surface area contributed by atoms with Gasteiger partial charge in [0.15, 0.2) is 5.82 Å². The van der Waals surface area contributed by atoms with Crippen molar-refractivity contribution >= 4 is 0 Å². The highest BCUT2D eigenvalue weighted by Crippen LogP contribution is 2.33. The molecular formula is C17H16F2N4O. The van der Waals surface area contributed by atoms with Crippen LogP contribution in [0.4, 0.5) is 8.78 Å². The fourth-order valence-electron chi connectivity index (χ4n) is 2.65. The second kappa shape index (κ2) is 6.45. The van der Waals surface area contributed by atoms with Crippen molar-refractivity contribution in [2.75, 3.05) is 0 Å². The molecule has 0 spiro atoms. The number of hydrogen-bond donors (Lipinski definition) is 1. The van der Waals surface area contributed by atoms with Crippen molar-refractivity contribution in [3.63, 3.8) is 0 Å². The van der Waals surface area contributed by atoms with Crippen molar-refractivity contribution in [3.05, 3.63) is 77.1 Å². The molecule has 2 aromatic carbocycles. The van der Waals surface area contributed by atoms with Gasteiger partial charge in [0.2, 0.25) is 0 Å². The maximum atomic E-state index is 13.3. The van der Waals surface area contributed by atoms with E-state index in [1.165, 1.54) is 48.5 Å². The molecule has 24 heavy (non-hydrogen) atoms.